The van der Waals surface area contributed by atoms with E-state index in [9.17, 15) is 13.2 Å². The monoisotopic (exact) mass is 364 g/mol. The van der Waals surface area contributed by atoms with E-state index in [1.54, 1.807) is 19.2 Å². The van der Waals surface area contributed by atoms with Gasteiger partial charge in [0.2, 0.25) is 0 Å². The summed E-state index contributed by atoms with van der Waals surface area (Å²) in [5.74, 6) is 0.835. The van der Waals surface area contributed by atoms with Crippen LogP contribution in [0.25, 0.3) is 0 Å². The molecule has 3 rings (SSSR count). The molecule has 6 heteroatoms. The molecule has 1 aliphatic heterocycles. The van der Waals surface area contributed by atoms with Gasteiger partial charge >= 0.3 is 6.18 Å². The van der Waals surface area contributed by atoms with Crippen molar-refractivity contribution in [2.24, 2.45) is 0 Å². The van der Waals surface area contributed by atoms with Crippen molar-refractivity contribution in [1.82, 2.24) is 9.80 Å². The maximum Gasteiger partial charge on any atom is 0.416 e. The minimum atomic E-state index is -4.30. The summed E-state index contributed by atoms with van der Waals surface area (Å²) in [5, 5.41) is 0. The summed E-state index contributed by atoms with van der Waals surface area (Å²) in [7, 11) is 1.64. The van der Waals surface area contributed by atoms with E-state index in [2.05, 4.69) is 9.80 Å². The second kappa shape index (κ2) is 8.10. The molecule has 2 aromatic carbocycles. The minimum Gasteiger partial charge on any atom is -0.497 e. The van der Waals surface area contributed by atoms with Crippen LogP contribution in [0.2, 0.25) is 0 Å². The summed E-state index contributed by atoms with van der Waals surface area (Å²) in [6, 6.07) is 13.8. The van der Waals surface area contributed by atoms with E-state index in [-0.39, 0.29) is 0 Å². The van der Waals surface area contributed by atoms with Crippen LogP contribution in [0.1, 0.15) is 16.7 Å². The van der Waals surface area contributed by atoms with Crippen LogP contribution in [0.15, 0.2) is 48.5 Å². The molecule has 1 saturated heterocycles. The number of methoxy groups -OCH3 is 1. The van der Waals surface area contributed by atoms with Crippen LogP contribution in [-0.2, 0) is 19.3 Å². The molecule has 0 spiro atoms. The van der Waals surface area contributed by atoms with E-state index in [0.29, 0.717) is 12.1 Å². The van der Waals surface area contributed by atoms with Gasteiger partial charge in [0.25, 0.3) is 0 Å². The molecule has 140 valence electrons. The fourth-order valence-corrected chi connectivity index (χ4v) is 3.27. The number of rotatable bonds is 5. The standard InChI is InChI=1S/C20H23F3N2O/c1-26-18-8-6-16(7-9-18)14-24-10-12-25(13-11-24)15-17-4-2-3-5-19(17)20(21,22)23/h2-9H,10-15H2,1H3. The quantitative estimate of drug-likeness (QED) is 0.797. The van der Waals surface area contributed by atoms with Crippen LogP contribution in [0.5, 0.6) is 5.75 Å². The van der Waals surface area contributed by atoms with E-state index in [4.69, 9.17) is 4.74 Å². The molecule has 0 saturated carbocycles. The Morgan fingerprint density at radius 2 is 1.42 bits per heavy atom. The van der Waals surface area contributed by atoms with Gasteiger partial charge in [-0.05, 0) is 29.3 Å². The number of hydrogen-bond donors (Lipinski definition) is 0. The lowest BCUT2D eigenvalue weighted by Crippen LogP contribution is -2.45. The molecule has 0 aliphatic carbocycles. The Bertz CT molecular complexity index is 708. The van der Waals surface area contributed by atoms with Gasteiger partial charge < -0.3 is 4.74 Å². The van der Waals surface area contributed by atoms with Crippen molar-refractivity contribution >= 4 is 0 Å². The Kier molecular flexibility index (Phi) is 5.84. The SMILES string of the molecule is COc1ccc(CN2CCN(Cc3ccccc3C(F)(F)F)CC2)cc1. The van der Waals surface area contributed by atoms with E-state index in [1.165, 1.54) is 11.6 Å². The van der Waals surface area contributed by atoms with Gasteiger partial charge in [-0.3, -0.25) is 9.80 Å². The zero-order valence-electron chi connectivity index (χ0n) is 14.8. The van der Waals surface area contributed by atoms with Gasteiger partial charge in [-0.1, -0.05) is 30.3 Å². The number of hydrogen-bond acceptors (Lipinski definition) is 3. The zero-order chi connectivity index (χ0) is 18.6. The van der Waals surface area contributed by atoms with Crippen molar-refractivity contribution in [3.8, 4) is 5.75 Å². The molecule has 0 amide bonds. The highest BCUT2D eigenvalue weighted by Crippen LogP contribution is 2.32. The van der Waals surface area contributed by atoms with Gasteiger partial charge in [0, 0.05) is 39.3 Å². The van der Waals surface area contributed by atoms with Gasteiger partial charge in [-0.2, -0.15) is 13.2 Å². The molecule has 0 bridgehead atoms. The zero-order valence-corrected chi connectivity index (χ0v) is 14.8. The van der Waals surface area contributed by atoms with Gasteiger partial charge in [0.05, 0.1) is 12.7 Å². The maximum atomic E-state index is 13.1. The van der Waals surface area contributed by atoms with E-state index >= 15 is 0 Å². The van der Waals surface area contributed by atoms with Crippen molar-refractivity contribution in [3.05, 3.63) is 65.2 Å². The third kappa shape index (κ3) is 4.77. The first-order chi connectivity index (χ1) is 12.5. The summed E-state index contributed by atoms with van der Waals surface area (Å²) in [5.41, 5.74) is 1.03. The minimum absolute atomic E-state index is 0.339. The lowest BCUT2D eigenvalue weighted by atomic mass is 10.1. The normalized spacial score (nSPS) is 16.6. The largest absolute Gasteiger partial charge is 0.497 e. The predicted molar refractivity (Wildman–Crippen MR) is 95.0 cm³/mol. The van der Waals surface area contributed by atoms with Crippen LogP contribution < -0.4 is 4.74 Å². The van der Waals surface area contributed by atoms with E-state index in [0.717, 1.165) is 44.5 Å². The van der Waals surface area contributed by atoms with E-state index in [1.807, 2.05) is 24.3 Å². The third-order valence-corrected chi connectivity index (χ3v) is 4.75. The molecule has 0 atom stereocenters. The number of halogens is 3. The molecule has 0 unspecified atom stereocenters. The van der Waals surface area contributed by atoms with Crippen LogP contribution in [0.4, 0.5) is 13.2 Å². The highest BCUT2D eigenvalue weighted by Gasteiger charge is 2.33. The summed E-state index contributed by atoms with van der Waals surface area (Å²) in [4.78, 5) is 4.42. The Balaban J connectivity index is 1.54. The Hall–Kier alpha value is -2.05. The molecule has 26 heavy (non-hydrogen) atoms. The molecule has 2 aromatic rings. The van der Waals surface area contributed by atoms with Crippen LogP contribution in [-0.4, -0.2) is 43.1 Å². The molecule has 0 aromatic heterocycles. The van der Waals surface area contributed by atoms with Crippen LogP contribution in [0, 0.1) is 0 Å². The van der Waals surface area contributed by atoms with Crippen molar-refractivity contribution < 1.29 is 17.9 Å². The molecule has 0 radical (unpaired) electrons. The summed E-state index contributed by atoms with van der Waals surface area (Å²) in [6.07, 6.45) is -4.30. The fraction of sp³-hybridized carbons (Fsp3) is 0.400. The maximum absolute atomic E-state index is 13.1. The first kappa shape index (κ1) is 18.7. The second-order valence-electron chi connectivity index (χ2n) is 6.56. The summed E-state index contributed by atoms with van der Waals surface area (Å²) >= 11 is 0. The topological polar surface area (TPSA) is 15.7 Å². The lowest BCUT2D eigenvalue weighted by molar-refractivity contribution is -0.138. The average molecular weight is 364 g/mol. The van der Waals surface area contributed by atoms with Crippen molar-refractivity contribution in [1.29, 1.82) is 0 Å². The van der Waals surface area contributed by atoms with E-state index < -0.39 is 11.7 Å². The van der Waals surface area contributed by atoms with Gasteiger partial charge in [-0.15, -0.1) is 0 Å². The number of piperazine rings is 1. The van der Waals surface area contributed by atoms with Crippen LogP contribution >= 0.6 is 0 Å². The molecular formula is C20H23F3N2O. The molecule has 1 fully saturated rings. The van der Waals surface area contributed by atoms with Crippen molar-refractivity contribution in [3.63, 3.8) is 0 Å². The van der Waals surface area contributed by atoms with Gasteiger partial charge in [-0.25, -0.2) is 0 Å². The highest BCUT2D eigenvalue weighted by atomic mass is 19.4. The Labute approximate surface area is 152 Å². The van der Waals surface area contributed by atoms with Crippen LogP contribution in [0.3, 0.4) is 0 Å². The summed E-state index contributed by atoms with van der Waals surface area (Å²) < 4.78 is 44.5. The van der Waals surface area contributed by atoms with Crippen molar-refractivity contribution in [2.45, 2.75) is 19.3 Å². The average Bonchev–Trinajstić information content (AvgIpc) is 2.63. The number of nitrogens with zero attached hydrogens (tertiary/aromatic N) is 2. The Morgan fingerprint density at radius 1 is 0.846 bits per heavy atom. The molecule has 0 N–H and O–H groups in total. The molecule has 3 nitrogen and oxygen atoms in total. The van der Waals surface area contributed by atoms with Gasteiger partial charge in [0.1, 0.15) is 5.75 Å². The number of ether oxygens (including phenoxy) is 1. The first-order valence-corrected chi connectivity index (χ1v) is 8.68. The number of alkyl halides is 3. The number of benzene rings is 2. The smallest absolute Gasteiger partial charge is 0.416 e. The molecule has 1 aliphatic rings. The third-order valence-electron chi connectivity index (χ3n) is 4.75. The van der Waals surface area contributed by atoms with Gasteiger partial charge in [0.15, 0.2) is 0 Å². The Morgan fingerprint density at radius 3 is 2.00 bits per heavy atom. The predicted octanol–water partition coefficient (Wildman–Crippen LogP) is 4.03. The van der Waals surface area contributed by atoms with Crippen molar-refractivity contribution in [2.75, 3.05) is 33.3 Å². The summed E-state index contributed by atoms with van der Waals surface area (Å²) in [6.45, 7) is 4.41. The first-order valence-electron chi connectivity index (χ1n) is 8.68. The second-order valence-corrected chi connectivity index (χ2v) is 6.56. The molecular weight excluding hydrogens is 341 g/mol. The molecule has 1 heterocycles. The highest BCUT2D eigenvalue weighted by molar-refractivity contribution is 5.30. The lowest BCUT2D eigenvalue weighted by Gasteiger charge is -2.35. The fourth-order valence-electron chi connectivity index (χ4n) is 3.27.